The van der Waals surface area contributed by atoms with Gasteiger partial charge in [0.1, 0.15) is 5.75 Å². The minimum atomic E-state index is -0.347. The summed E-state index contributed by atoms with van der Waals surface area (Å²) < 4.78 is 26.0. The van der Waals surface area contributed by atoms with E-state index in [1.165, 1.54) is 70.3 Å². The van der Waals surface area contributed by atoms with Crippen molar-refractivity contribution < 1.29 is 18.7 Å². The minimum absolute atomic E-state index is 0.00370. The lowest BCUT2D eigenvalue weighted by Gasteiger charge is -2.27. The molecule has 0 radical (unpaired) electrons. The van der Waals surface area contributed by atoms with Crippen LogP contribution in [0, 0.1) is 17.7 Å². The largest absolute Gasteiger partial charge is 0.491 e. The molecule has 0 amide bonds. The third-order valence-electron chi connectivity index (χ3n) is 7.99. The molecular formula is C34H49FO3. The van der Waals surface area contributed by atoms with Gasteiger partial charge < -0.3 is 9.47 Å². The summed E-state index contributed by atoms with van der Waals surface area (Å²) in [5.74, 6) is 1.17. The van der Waals surface area contributed by atoms with Gasteiger partial charge in [0.2, 0.25) is 0 Å². The molecule has 0 atom stereocenters. The van der Waals surface area contributed by atoms with Crippen molar-refractivity contribution in [2.45, 2.75) is 117 Å². The number of ether oxygens (including phenoxy) is 2. The number of hydrogen-bond acceptors (Lipinski definition) is 3. The third kappa shape index (κ3) is 10.4. The molecule has 0 N–H and O–H groups in total. The fourth-order valence-corrected chi connectivity index (χ4v) is 5.50. The van der Waals surface area contributed by atoms with Crippen LogP contribution in [0.25, 0.3) is 11.1 Å². The Morgan fingerprint density at radius 3 is 2.03 bits per heavy atom. The Morgan fingerprint density at radius 2 is 1.37 bits per heavy atom. The van der Waals surface area contributed by atoms with Crippen LogP contribution in [0.5, 0.6) is 11.5 Å². The van der Waals surface area contributed by atoms with Crippen molar-refractivity contribution in [1.82, 2.24) is 0 Å². The predicted molar refractivity (Wildman–Crippen MR) is 155 cm³/mol. The molecule has 1 aliphatic rings. The Kier molecular flexibility index (Phi) is 13.7. The van der Waals surface area contributed by atoms with Gasteiger partial charge >= 0.3 is 5.97 Å². The number of hydrogen-bond donors (Lipinski definition) is 0. The molecule has 3 nitrogen and oxygen atoms in total. The molecule has 210 valence electrons. The number of esters is 1. The van der Waals surface area contributed by atoms with Gasteiger partial charge in [-0.3, -0.25) is 4.79 Å². The van der Waals surface area contributed by atoms with Crippen molar-refractivity contribution in [3.05, 3.63) is 48.3 Å². The van der Waals surface area contributed by atoms with Gasteiger partial charge in [-0.05, 0) is 73.4 Å². The highest BCUT2D eigenvalue weighted by Gasteiger charge is 2.27. The molecule has 1 fully saturated rings. The topological polar surface area (TPSA) is 35.5 Å². The van der Waals surface area contributed by atoms with Crippen molar-refractivity contribution in [2.24, 2.45) is 11.8 Å². The number of unbranched alkanes of at least 4 members (excludes halogenated alkanes) is 9. The normalized spacial score (nSPS) is 17.3. The molecule has 0 saturated heterocycles. The van der Waals surface area contributed by atoms with Gasteiger partial charge in [0.05, 0.1) is 12.5 Å². The fraction of sp³-hybridized carbons (Fsp3) is 0.618. The smallest absolute Gasteiger partial charge is 0.314 e. The van der Waals surface area contributed by atoms with Gasteiger partial charge in [-0.15, -0.1) is 0 Å². The van der Waals surface area contributed by atoms with E-state index in [1.807, 2.05) is 18.2 Å². The van der Waals surface area contributed by atoms with Crippen LogP contribution >= 0.6 is 0 Å². The van der Waals surface area contributed by atoms with E-state index in [-0.39, 0.29) is 17.7 Å². The second kappa shape index (κ2) is 17.3. The lowest BCUT2D eigenvalue weighted by atomic mass is 9.80. The van der Waals surface area contributed by atoms with Crippen LogP contribution in [-0.4, -0.2) is 12.6 Å². The van der Waals surface area contributed by atoms with E-state index in [0.29, 0.717) is 18.1 Å². The first-order valence-corrected chi connectivity index (χ1v) is 15.3. The van der Waals surface area contributed by atoms with Crippen LogP contribution in [0.1, 0.15) is 117 Å². The van der Waals surface area contributed by atoms with E-state index < -0.39 is 0 Å². The Bertz CT molecular complexity index is 931. The molecule has 0 heterocycles. The maximum atomic E-state index is 14.6. The zero-order valence-corrected chi connectivity index (χ0v) is 23.8. The van der Waals surface area contributed by atoms with Crippen molar-refractivity contribution in [1.29, 1.82) is 0 Å². The average molecular weight is 525 g/mol. The number of carbonyl (C=O) groups is 1. The van der Waals surface area contributed by atoms with Gasteiger partial charge in [-0.2, -0.15) is 0 Å². The molecule has 0 bridgehead atoms. The molecule has 0 spiro atoms. The van der Waals surface area contributed by atoms with Gasteiger partial charge in [0, 0.05) is 0 Å². The lowest BCUT2D eigenvalue weighted by Crippen LogP contribution is -2.25. The lowest BCUT2D eigenvalue weighted by molar-refractivity contribution is -0.140. The van der Waals surface area contributed by atoms with Gasteiger partial charge in [-0.25, -0.2) is 4.39 Å². The van der Waals surface area contributed by atoms with E-state index in [9.17, 15) is 9.18 Å². The summed E-state index contributed by atoms with van der Waals surface area (Å²) in [5.41, 5.74) is 1.66. The van der Waals surface area contributed by atoms with Crippen molar-refractivity contribution in [3.63, 3.8) is 0 Å². The highest BCUT2D eigenvalue weighted by molar-refractivity contribution is 5.75. The highest BCUT2D eigenvalue weighted by Crippen LogP contribution is 2.33. The van der Waals surface area contributed by atoms with Crippen LogP contribution in [-0.2, 0) is 4.79 Å². The van der Waals surface area contributed by atoms with Crippen LogP contribution < -0.4 is 9.47 Å². The Morgan fingerprint density at radius 1 is 0.763 bits per heavy atom. The second-order valence-corrected chi connectivity index (χ2v) is 11.1. The number of benzene rings is 2. The first kappa shape index (κ1) is 30.2. The summed E-state index contributed by atoms with van der Waals surface area (Å²) in [6.45, 7) is 5.01. The molecule has 38 heavy (non-hydrogen) atoms. The predicted octanol–water partition coefficient (Wildman–Crippen LogP) is 10.3. The van der Waals surface area contributed by atoms with E-state index in [1.54, 1.807) is 18.2 Å². The highest BCUT2D eigenvalue weighted by atomic mass is 19.1. The Balaban J connectivity index is 1.40. The summed E-state index contributed by atoms with van der Waals surface area (Å²) in [4.78, 5) is 12.7. The molecule has 2 aromatic carbocycles. The summed E-state index contributed by atoms with van der Waals surface area (Å²) in [7, 11) is 0. The van der Waals surface area contributed by atoms with E-state index >= 15 is 0 Å². The first-order chi connectivity index (χ1) is 18.6. The zero-order valence-electron chi connectivity index (χ0n) is 23.8. The van der Waals surface area contributed by atoms with Crippen molar-refractivity contribution in [3.8, 4) is 22.6 Å². The molecule has 1 saturated carbocycles. The molecule has 4 heteroatoms. The van der Waals surface area contributed by atoms with Crippen LogP contribution in [0.4, 0.5) is 4.39 Å². The molecule has 2 aromatic rings. The maximum absolute atomic E-state index is 14.6. The monoisotopic (exact) mass is 524 g/mol. The Labute approximate surface area is 230 Å². The first-order valence-electron chi connectivity index (χ1n) is 15.3. The third-order valence-corrected chi connectivity index (χ3v) is 7.99. The average Bonchev–Trinajstić information content (AvgIpc) is 2.94. The van der Waals surface area contributed by atoms with E-state index in [2.05, 4.69) is 13.8 Å². The van der Waals surface area contributed by atoms with Gasteiger partial charge in [0.25, 0.3) is 0 Å². The van der Waals surface area contributed by atoms with E-state index in [4.69, 9.17) is 9.47 Å². The summed E-state index contributed by atoms with van der Waals surface area (Å²) in [5, 5.41) is 0. The Hall–Kier alpha value is -2.36. The molecule has 1 aliphatic carbocycles. The number of rotatable bonds is 17. The SMILES string of the molecule is CCCCCCCCOc1ccc(-c2ccc(OC(=O)C3CCC(CCCCCCC)CC3)cc2)cc1F. The quantitative estimate of drug-likeness (QED) is 0.117. The van der Waals surface area contributed by atoms with E-state index in [0.717, 1.165) is 55.6 Å². The molecule has 0 aromatic heterocycles. The molecule has 0 aliphatic heterocycles. The van der Waals surface area contributed by atoms with Gasteiger partial charge in [0.15, 0.2) is 11.6 Å². The van der Waals surface area contributed by atoms with Crippen molar-refractivity contribution in [2.75, 3.05) is 6.61 Å². The molecule has 3 rings (SSSR count). The number of carbonyl (C=O) groups excluding carboxylic acids is 1. The van der Waals surface area contributed by atoms with Crippen LogP contribution in [0.15, 0.2) is 42.5 Å². The minimum Gasteiger partial charge on any atom is -0.491 e. The summed E-state index contributed by atoms with van der Waals surface area (Å²) in [6, 6.07) is 12.5. The zero-order chi connectivity index (χ0) is 27.0. The van der Waals surface area contributed by atoms with Crippen LogP contribution in [0.3, 0.4) is 0 Å². The summed E-state index contributed by atoms with van der Waals surface area (Å²) >= 11 is 0. The van der Waals surface area contributed by atoms with Crippen molar-refractivity contribution >= 4 is 5.97 Å². The standard InChI is InChI=1S/C34H49FO3/c1-3-5-7-9-11-13-25-37-33-24-21-30(26-32(33)35)28-19-22-31(23-20-28)38-34(36)29-17-15-27(16-18-29)14-12-10-8-6-4-2/h19-24,26-27,29H,3-18,25H2,1-2H3. The maximum Gasteiger partial charge on any atom is 0.314 e. The van der Waals surface area contributed by atoms with Crippen LogP contribution in [0.2, 0.25) is 0 Å². The molecule has 0 unspecified atom stereocenters. The fourth-order valence-electron chi connectivity index (χ4n) is 5.50. The summed E-state index contributed by atoms with van der Waals surface area (Å²) in [6.07, 6.45) is 19.2. The second-order valence-electron chi connectivity index (χ2n) is 11.1. The molecular weight excluding hydrogens is 475 g/mol. The number of halogens is 1. The van der Waals surface area contributed by atoms with Gasteiger partial charge in [-0.1, -0.05) is 103 Å².